The maximum atomic E-state index is 8.47. The zero-order chi connectivity index (χ0) is 8.10. The van der Waals surface area contributed by atoms with Gasteiger partial charge in [-0.1, -0.05) is 0 Å². The molecule has 0 fully saturated rings. The van der Waals surface area contributed by atoms with Gasteiger partial charge in [0.15, 0.2) is 0 Å². The van der Waals surface area contributed by atoms with Crippen LogP contribution in [0.5, 0.6) is 0 Å². The Morgan fingerprint density at radius 1 is 1.55 bits per heavy atom. The van der Waals surface area contributed by atoms with E-state index in [9.17, 15) is 0 Å². The fourth-order valence-electron chi connectivity index (χ4n) is 0.817. The molecule has 1 aromatic rings. The van der Waals surface area contributed by atoms with E-state index in [2.05, 4.69) is 10.3 Å². The molecule has 4 nitrogen and oxygen atoms in total. The molecule has 0 aromatic carbocycles. The van der Waals surface area contributed by atoms with Crippen LogP contribution in [0.25, 0.3) is 0 Å². The van der Waals surface area contributed by atoms with Crippen molar-refractivity contribution in [3.05, 3.63) is 12.1 Å². The molecule has 1 aromatic heterocycles. The first-order valence-corrected chi connectivity index (χ1v) is 3.62. The first-order chi connectivity index (χ1) is 5.33. The van der Waals surface area contributed by atoms with Crippen LogP contribution in [0.3, 0.4) is 0 Å². The molecule has 0 aliphatic heterocycles. The molecule has 5 N–H and O–H groups in total. The number of hydrogen-bond donors (Lipinski definition) is 4. The van der Waals surface area contributed by atoms with E-state index in [1.54, 1.807) is 6.07 Å². The van der Waals surface area contributed by atoms with Gasteiger partial charge in [0.25, 0.3) is 0 Å². The highest BCUT2D eigenvalue weighted by Crippen LogP contribution is 2.07. The van der Waals surface area contributed by atoms with Gasteiger partial charge in [-0.2, -0.15) is 0 Å². The van der Waals surface area contributed by atoms with E-state index in [4.69, 9.17) is 10.8 Å². The van der Waals surface area contributed by atoms with Gasteiger partial charge in [-0.3, -0.25) is 0 Å². The fourth-order valence-corrected chi connectivity index (χ4v) is 0.817. The molecule has 0 bridgehead atoms. The molecule has 0 atom stereocenters. The smallest absolute Gasteiger partial charge is 0.104 e. The second kappa shape index (κ2) is 3.88. The van der Waals surface area contributed by atoms with E-state index in [-0.39, 0.29) is 6.61 Å². The molecule has 4 heteroatoms. The number of anilines is 2. The molecule has 0 aliphatic carbocycles. The van der Waals surface area contributed by atoms with Gasteiger partial charge in [0.1, 0.15) is 11.6 Å². The number of aliphatic hydroxyl groups is 1. The van der Waals surface area contributed by atoms with Crippen LogP contribution in [-0.4, -0.2) is 23.2 Å². The number of nitrogens with one attached hydrogen (secondary N) is 2. The molecule has 0 saturated heterocycles. The highest BCUT2D eigenvalue weighted by atomic mass is 16.3. The van der Waals surface area contributed by atoms with E-state index in [0.29, 0.717) is 5.82 Å². The number of rotatable bonds is 4. The lowest BCUT2D eigenvalue weighted by atomic mass is 10.4. The normalized spacial score (nSPS) is 9.91. The lowest BCUT2D eigenvalue weighted by molar-refractivity contribution is 0.292. The predicted octanol–water partition coefficient (Wildman–Crippen LogP) is 0.391. The van der Waals surface area contributed by atoms with E-state index < -0.39 is 0 Å². The van der Waals surface area contributed by atoms with Crippen LogP contribution in [0.4, 0.5) is 11.6 Å². The van der Waals surface area contributed by atoms with Crippen LogP contribution in [0.1, 0.15) is 6.42 Å². The van der Waals surface area contributed by atoms with Gasteiger partial charge in [0.05, 0.1) is 0 Å². The van der Waals surface area contributed by atoms with Crippen molar-refractivity contribution in [1.29, 1.82) is 0 Å². The Morgan fingerprint density at radius 3 is 2.91 bits per heavy atom. The minimum Gasteiger partial charge on any atom is -0.396 e. The van der Waals surface area contributed by atoms with Gasteiger partial charge < -0.3 is 21.1 Å². The van der Waals surface area contributed by atoms with Gasteiger partial charge in [0.2, 0.25) is 0 Å². The van der Waals surface area contributed by atoms with Crippen LogP contribution in [0.15, 0.2) is 12.1 Å². The van der Waals surface area contributed by atoms with Crippen molar-refractivity contribution >= 4 is 11.6 Å². The molecule has 0 unspecified atom stereocenters. The zero-order valence-electron chi connectivity index (χ0n) is 6.30. The van der Waals surface area contributed by atoms with E-state index in [1.165, 1.54) is 0 Å². The summed E-state index contributed by atoms with van der Waals surface area (Å²) in [5.74, 6) is 1.55. The lowest BCUT2D eigenvalue weighted by Crippen LogP contribution is -2.03. The standard InChI is InChI=1S/C7H13N3O/c8-6-2-3-7(10-6)9-4-1-5-11/h2-3,9-11H,1,4-5,8H2. The molecule has 11 heavy (non-hydrogen) atoms. The van der Waals surface area contributed by atoms with Crippen LogP contribution in [0.2, 0.25) is 0 Å². The average Bonchev–Trinajstić information content (AvgIpc) is 2.37. The Labute approximate surface area is 65.4 Å². The summed E-state index contributed by atoms with van der Waals surface area (Å²) in [5.41, 5.74) is 5.44. The Balaban J connectivity index is 2.27. The Bertz CT molecular complexity index is 209. The molecule has 0 amide bonds. The zero-order valence-corrected chi connectivity index (χ0v) is 6.30. The second-order valence-electron chi connectivity index (χ2n) is 2.33. The van der Waals surface area contributed by atoms with Crippen molar-refractivity contribution in [2.45, 2.75) is 6.42 Å². The van der Waals surface area contributed by atoms with Crippen LogP contribution >= 0.6 is 0 Å². The SMILES string of the molecule is Nc1ccc(NCCCO)[nH]1. The van der Waals surface area contributed by atoms with Gasteiger partial charge in [-0.25, -0.2) is 0 Å². The third kappa shape index (κ3) is 2.51. The number of nitrogens with two attached hydrogens (primary N) is 1. The Hall–Kier alpha value is -1.16. The summed E-state index contributed by atoms with van der Waals surface area (Å²) < 4.78 is 0. The summed E-state index contributed by atoms with van der Waals surface area (Å²) in [6.07, 6.45) is 0.749. The predicted molar refractivity (Wildman–Crippen MR) is 45.4 cm³/mol. The van der Waals surface area contributed by atoms with E-state index in [1.807, 2.05) is 6.07 Å². The second-order valence-corrected chi connectivity index (χ2v) is 2.33. The van der Waals surface area contributed by atoms with Gasteiger partial charge in [-0.05, 0) is 18.6 Å². The molecule has 0 saturated carbocycles. The summed E-state index contributed by atoms with van der Waals surface area (Å²) >= 11 is 0. The molecular formula is C7H13N3O. The van der Waals surface area contributed by atoms with Gasteiger partial charge in [-0.15, -0.1) is 0 Å². The molecule has 0 spiro atoms. The quantitative estimate of drug-likeness (QED) is 0.475. The first-order valence-electron chi connectivity index (χ1n) is 3.62. The summed E-state index contributed by atoms with van der Waals surface area (Å²) in [6, 6.07) is 3.66. The first kappa shape index (κ1) is 7.94. The topological polar surface area (TPSA) is 74.1 Å². The van der Waals surface area contributed by atoms with Crippen molar-refractivity contribution in [3.63, 3.8) is 0 Å². The molecule has 62 valence electrons. The number of aromatic amines is 1. The largest absolute Gasteiger partial charge is 0.396 e. The van der Waals surface area contributed by atoms with Crippen molar-refractivity contribution in [2.75, 3.05) is 24.2 Å². The number of nitrogen functional groups attached to an aromatic ring is 1. The molecular weight excluding hydrogens is 142 g/mol. The molecule has 1 rings (SSSR count). The number of H-pyrrole nitrogens is 1. The monoisotopic (exact) mass is 155 g/mol. The van der Waals surface area contributed by atoms with Crippen molar-refractivity contribution < 1.29 is 5.11 Å². The number of aromatic nitrogens is 1. The Kier molecular flexibility index (Phi) is 2.80. The highest BCUT2D eigenvalue weighted by molar-refractivity contribution is 5.45. The van der Waals surface area contributed by atoms with Gasteiger partial charge in [0, 0.05) is 13.2 Å². The summed E-state index contributed by atoms with van der Waals surface area (Å²) in [6.45, 7) is 0.972. The third-order valence-electron chi connectivity index (χ3n) is 1.36. The summed E-state index contributed by atoms with van der Waals surface area (Å²) in [7, 11) is 0. The van der Waals surface area contributed by atoms with Gasteiger partial charge >= 0.3 is 0 Å². The number of hydrogen-bond acceptors (Lipinski definition) is 3. The van der Waals surface area contributed by atoms with E-state index >= 15 is 0 Å². The summed E-state index contributed by atoms with van der Waals surface area (Å²) in [5, 5.41) is 11.5. The lowest BCUT2D eigenvalue weighted by Gasteiger charge is -2.00. The highest BCUT2D eigenvalue weighted by Gasteiger charge is 1.92. The minimum atomic E-state index is 0.211. The average molecular weight is 155 g/mol. The maximum Gasteiger partial charge on any atom is 0.104 e. The molecule has 0 radical (unpaired) electrons. The van der Waals surface area contributed by atoms with Crippen molar-refractivity contribution in [3.8, 4) is 0 Å². The molecule has 1 heterocycles. The fraction of sp³-hybridized carbons (Fsp3) is 0.429. The van der Waals surface area contributed by atoms with Crippen molar-refractivity contribution in [1.82, 2.24) is 4.98 Å². The van der Waals surface area contributed by atoms with Crippen LogP contribution in [-0.2, 0) is 0 Å². The van der Waals surface area contributed by atoms with Crippen molar-refractivity contribution in [2.24, 2.45) is 0 Å². The van der Waals surface area contributed by atoms with E-state index in [0.717, 1.165) is 18.8 Å². The minimum absolute atomic E-state index is 0.211. The Morgan fingerprint density at radius 2 is 2.36 bits per heavy atom. The molecule has 0 aliphatic rings. The third-order valence-corrected chi connectivity index (χ3v) is 1.36. The van der Waals surface area contributed by atoms with Crippen LogP contribution < -0.4 is 11.1 Å². The number of aliphatic hydroxyl groups excluding tert-OH is 1. The summed E-state index contributed by atoms with van der Waals surface area (Å²) in [4.78, 5) is 2.92. The van der Waals surface area contributed by atoms with Crippen LogP contribution in [0, 0.1) is 0 Å². The maximum absolute atomic E-state index is 8.47.